The van der Waals surface area contributed by atoms with E-state index >= 15 is 0 Å². The number of benzene rings is 1. The van der Waals surface area contributed by atoms with Crippen LogP contribution in [0.2, 0.25) is 0 Å². The first-order valence-electron chi connectivity index (χ1n) is 7.54. The van der Waals surface area contributed by atoms with E-state index < -0.39 is 0 Å². The molecule has 110 valence electrons. The van der Waals surface area contributed by atoms with Crippen LogP contribution in [0.4, 0.5) is 5.69 Å². The molecular formula is C17H20N2O2. The molecule has 1 aliphatic rings. The fraction of sp³-hybridized carbons (Fsp3) is 0.412. The molecule has 1 aromatic heterocycles. The van der Waals surface area contributed by atoms with Gasteiger partial charge in [0.2, 0.25) is 5.91 Å². The monoisotopic (exact) mass is 284 g/mol. The molecule has 1 saturated carbocycles. The van der Waals surface area contributed by atoms with Crippen molar-refractivity contribution in [2.24, 2.45) is 5.92 Å². The second-order valence-electron chi connectivity index (χ2n) is 5.96. The summed E-state index contributed by atoms with van der Waals surface area (Å²) in [4.78, 5) is 25.3. The molecule has 4 nitrogen and oxygen atoms in total. The fourth-order valence-corrected chi connectivity index (χ4v) is 3.21. The van der Waals surface area contributed by atoms with Crippen LogP contribution in [0, 0.1) is 12.8 Å². The van der Waals surface area contributed by atoms with E-state index in [9.17, 15) is 9.59 Å². The fourth-order valence-electron chi connectivity index (χ4n) is 3.21. The van der Waals surface area contributed by atoms with Crippen molar-refractivity contribution >= 4 is 22.5 Å². The van der Waals surface area contributed by atoms with Gasteiger partial charge in [-0.3, -0.25) is 9.59 Å². The number of nitrogens with zero attached hydrogens (tertiary/aromatic N) is 1. The Bertz CT molecular complexity index is 755. The van der Waals surface area contributed by atoms with Gasteiger partial charge in [0.1, 0.15) is 0 Å². The van der Waals surface area contributed by atoms with Crippen molar-refractivity contribution in [2.75, 3.05) is 5.73 Å². The molecule has 2 N–H and O–H groups in total. The van der Waals surface area contributed by atoms with Crippen LogP contribution in [0.25, 0.3) is 10.9 Å². The molecule has 4 heteroatoms. The van der Waals surface area contributed by atoms with E-state index in [0.717, 1.165) is 31.1 Å². The van der Waals surface area contributed by atoms with Gasteiger partial charge in [-0.2, -0.15) is 0 Å². The predicted octanol–water partition coefficient (Wildman–Crippen LogP) is 3.11. The summed E-state index contributed by atoms with van der Waals surface area (Å²) >= 11 is 0. The van der Waals surface area contributed by atoms with E-state index in [2.05, 4.69) is 0 Å². The molecule has 1 heterocycles. The number of pyridine rings is 1. The molecule has 0 saturated heterocycles. The maximum absolute atomic E-state index is 12.8. The van der Waals surface area contributed by atoms with Crippen LogP contribution < -0.4 is 11.3 Å². The van der Waals surface area contributed by atoms with Crippen LogP contribution >= 0.6 is 0 Å². The lowest BCUT2D eigenvalue weighted by Crippen LogP contribution is -2.34. The highest BCUT2D eigenvalue weighted by molar-refractivity contribution is 5.93. The molecule has 0 atom stereocenters. The lowest BCUT2D eigenvalue weighted by Gasteiger charge is -2.22. The first-order valence-corrected chi connectivity index (χ1v) is 7.54. The Balaban J connectivity index is 2.19. The Hall–Kier alpha value is -2.10. The third-order valence-corrected chi connectivity index (χ3v) is 4.38. The molecule has 2 aromatic rings. The molecule has 0 radical (unpaired) electrons. The Morgan fingerprint density at radius 1 is 1.19 bits per heavy atom. The SMILES string of the molecule is Cc1cc2ccc(N)cc2n(C(=O)C2CCCCC2)c1=O. The minimum Gasteiger partial charge on any atom is -0.399 e. The highest BCUT2D eigenvalue weighted by atomic mass is 16.2. The van der Waals surface area contributed by atoms with Gasteiger partial charge in [0.25, 0.3) is 5.56 Å². The minimum absolute atomic E-state index is 0.0390. The van der Waals surface area contributed by atoms with Crippen LogP contribution in [-0.4, -0.2) is 10.5 Å². The van der Waals surface area contributed by atoms with Crippen molar-refractivity contribution in [3.8, 4) is 0 Å². The molecule has 1 fully saturated rings. The number of aromatic nitrogens is 1. The van der Waals surface area contributed by atoms with Gasteiger partial charge in [-0.1, -0.05) is 25.3 Å². The zero-order valence-corrected chi connectivity index (χ0v) is 12.3. The molecule has 0 aliphatic heterocycles. The van der Waals surface area contributed by atoms with Crippen molar-refractivity contribution in [3.63, 3.8) is 0 Å². The molecule has 1 aliphatic carbocycles. The number of fused-ring (bicyclic) bond motifs is 1. The van der Waals surface area contributed by atoms with Gasteiger partial charge >= 0.3 is 0 Å². The molecule has 3 rings (SSSR count). The lowest BCUT2D eigenvalue weighted by molar-refractivity contribution is 0.0802. The quantitative estimate of drug-likeness (QED) is 0.818. The highest BCUT2D eigenvalue weighted by Gasteiger charge is 2.25. The van der Waals surface area contributed by atoms with Crippen LogP contribution in [0.1, 0.15) is 42.5 Å². The van der Waals surface area contributed by atoms with Crippen LogP contribution in [0.5, 0.6) is 0 Å². The lowest BCUT2D eigenvalue weighted by atomic mass is 9.88. The molecule has 0 bridgehead atoms. The molecular weight excluding hydrogens is 264 g/mol. The number of nitrogens with two attached hydrogens (primary N) is 1. The Morgan fingerprint density at radius 2 is 1.90 bits per heavy atom. The average Bonchev–Trinajstić information content (AvgIpc) is 2.49. The van der Waals surface area contributed by atoms with Crippen molar-refractivity contribution < 1.29 is 4.79 Å². The van der Waals surface area contributed by atoms with Gasteiger partial charge in [0.05, 0.1) is 5.52 Å². The van der Waals surface area contributed by atoms with Gasteiger partial charge in [-0.05, 0) is 43.4 Å². The van der Waals surface area contributed by atoms with Crippen molar-refractivity contribution in [3.05, 3.63) is 40.2 Å². The number of aryl methyl sites for hydroxylation is 1. The molecule has 0 amide bonds. The second kappa shape index (κ2) is 5.35. The molecule has 21 heavy (non-hydrogen) atoms. The van der Waals surface area contributed by atoms with Gasteiger partial charge < -0.3 is 5.73 Å². The van der Waals surface area contributed by atoms with Gasteiger partial charge in [-0.25, -0.2) is 4.57 Å². The maximum atomic E-state index is 12.8. The van der Waals surface area contributed by atoms with E-state index in [1.54, 1.807) is 19.1 Å². The summed E-state index contributed by atoms with van der Waals surface area (Å²) in [5, 5.41) is 0.880. The molecule has 0 unspecified atom stereocenters. The Labute approximate surface area is 123 Å². The normalized spacial score (nSPS) is 16.2. The first kappa shape index (κ1) is 13.9. The second-order valence-corrected chi connectivity index (χ2v) is 5.96. The Kier molecular flexibility index (Phi) is 3.53. The summed E-state index contributed by atoms with van der Waals surface area (Å²) in [6.45, 7) is 1.75. The number of carbonyl (C=O) groups is 1. The summed E-state index contributed by atoms with van der Waals surface area (Å²) in [5.41, 5.74) is 7.40. The summed E-state index contributed by atoms with van der Waals surface area (Å²) in [7, 11) is 0. The topological polar surface area (TPSA) is 65.1 Å². The van der Waals surface area contributed by atoms with Crippen molar-refractivity contribution in [2.45, 2.75) is 39.0 Å². The van der Waals surface area contributed by atoms with Crippen molar-refractivity contribution in [1.29, 1.82) is 0 Å². The predicted molar refractivity (Wildman–Crippen MR) is 84.6 cm³/mol. The highest BCUT2D eigenvalue weighted by Crippen LogP contribution is 2.26. The molecule has 1 aromatic carbocycles. The number of nitrogen functional groups attached to an aromatic ring is 1. The molecule has 0 spiro atoms. The average molecular weight is 284 g/mol. The van der Waals surface area contributed by atoms with Crippen LogP contribution in [0.3, 0.4) is 0 Å². The number of hydrogen-bond donors (Lipinski definition) is 1. The summed E-state index contributed by atoms with van der Waals surface area (Å²) in [6, 6.07) is 7.20. The minimum atomic E-state index is -0.219. The number of anilines is 1. The summed E-state index contributed by atoms with van der Waals surface area (Å²) in [6.07, 6.45) is 5.07. The van der Waals surface area contributed by atoms with E-state index in [4.69, 9.17) is 5.73 Å². The van der Waals surface area contributed by atoms with Gasteiger partial charge in [-0.15, -0.1) is 0 Å². The number of hydrogen-bond acceptors (Lipinski definition) is 3. The van der Waals surface area contributed by atoms with Gasteiger partial charge in [0, 0.05) is 17.2 Å². The largest absolute Gasteiger partial charge is 0.399 e. The van der Waals surface area contributed by atoms with E-state index in [1.807, 2.05) is 12.1 Å². The first-order chi connectivity index (χ1) is 10.1. The zero-order chi connectivity index (χ0) is 15.0. The third-order valence-electron chi connectivity index (χ3n) is 4.38. The zero-order valence-electron chi connectivity index (χ0n) is 12.3. The van der Waals surface area contributed by atoms with Crippen LogP contribution in [-0.2, 0) is 0 Å². The summed E-state index contributed by atoms with van der Waals surface area (Å²) in [5.74, 6) is -0.109. The smallest absolute Gasteiger partial charge is 0.260 e. The standard InChI is InChI=1S/C17H20N2O2/c1-11-9-13-7-8-14(18)10-15(13)19(16(11)20)17(21)12-5-3-2-4-6-12/h7-10,12H,2-6,18H2,1H3. The van der Waals surface area contributed by atoms with E-state index in [0.29, 0.717) is 16.8 Å². The van der Waals surface area contributed by atoms with E-state index in [-0.39, 0.29) is 17.4 Å². The van der Waals surface area contributed by atoms with Crippen molar-refractivity contribution in [1.82, 2.24) is 4.57 Å². The summed E-state index contributed by atoms with van der Waals surface area (Å²) < 4.78 is 1.34. The Morgan fingerprint density at radius 3 is 2.62 bits per heavy atom. The van der Waals surface area contributed by atoms with Gasteiger partial charge in [0.15, 0.2) is 0 Å². The third kappa shape index (κ3) is 2.46. The maximum Gasteiger partial charge on any atom is 0.260 e. The number of carbonyl (C=O) groups excluding carboxylic acids is 1. The van der Waals surface area contributed by atoms with E-state index in [1.165, 1.54) is 11.0 Å². The number of rotatable bonds is 1. The van der Waals surface area contributed by atoms with Crippen LogP contribution in [0.15, 0.2) is 29.1 Å².